The highest BCUT2D eigenvalue weighted by Gasteiger charge is 2.29. The minimum absolute atomic E-state index is 0.303. The van der Waals surface area contributed by atoms with E-state index in [4.69, 9.17) is 5.73 Å². The third kappa shape index (κ3) is 3.27. The first-order valence-electron chi connectivity index (χ1n) is 5.67. The molecule has 90 valence electrons. The van der Waals surface area contributed by atoms with Crippen LogP contribution >= 0.6 is 0 Å². The Labute approximate surface area is 99.4 Å². The van der Waals surface area contributed by atoms with E-state index in [1.807, 2.05) is 0 Å². The number of nitrogens with two attached hydrogens (primary N) is 1. The van der Waals surface area contributed by atoms with Crippen LogP contribution in [-0.4, -0.2) is 22.8 Å². The fourth-order valence-electron chi connectivity index (χ4n) is 1.67. The van der Waals surface area contributed by atoms with Crippen LogP contribution in [-0.2, 0) is 4.79 Å². The van der Waals surface area contributed by atoms with Gasteiger partial charge in [-0.15, -0.1) is 0 Å². The molecule has 1 saturated carbocycles. The molecular weight excluding hydrogens is 218 g/mol. The van der Waals surface area contributed by atoms with Crippen molar-refractivity contribution in [2.24, 2.45) is 11.7 Å². The van der Waals surface area contributed by atoms with E-state index in [2.05, 4.69) is 10.3 Å². The van der Waals surface area contributed by atoms with Crippen LogP contribution in [0.15, 0.2) is 24.5 Å². The summed E-state index contributed by atoms with van der Waals surface area (Å²) in [4.78, 5) is 26.9. The van der Waals surface area contributed by atoms with Gasteiger partial charge in [-0.25, -0.2) is 0 Å². The number of primary amides is 1. The van der Waals surface area contributed by atoms with E-state index < -0.39 is 11.9 Å². The first-order chi connectivity index (χ1) is 8.16. The fraction of sp³-hybridized carbons (Fsp3) is 0.417. The van der Waals surface area contributed by atoms with Crippen molar-refractivity contribution >= 4 is 11.8 Å². The van der Waals surface area contributed by atoms with Crippen molar-refractivity contribution < 1.29 is 9.59 Å². The maximum Gasteiger partial charge on any atom is 0.253 e. The van der Waals surface area contributed by atoms with Crippen LogP contribution in [0.1, 0.15) is 29.6 Å². The predicted octanol–water partition coefficient (Wildman–Crippen LogP) is 0.465. The summed E-state index contributed by atoms with van der Waals surface area (Å²) in [6.07, 6.45) is 5.93. The average Bonchev–Trinajstić information content (AvgIpc) is 3.13. The lowest BCUT2D eigenvalue weighted by atomic mass is 10.1. The molecule has 0 spiro atoms. The highest BCUT2D eigenvalue weighted by molar-refractivity contribution is 5.96. The van der Waals surface area contributed by atoms with Gasteiger partial charge in [0.1, 0.15) is 6.04 Å². The van der Waals surface area contributed by atoms with Crippen molar-refractivity contribution in [2.45, 2.75) is 25.3 Å². The molecule has 1 aliphatic carbocycles. The van der Waals surface area contributed by atoms with Gasteiger partial charge in [0.05, 0.1) is 5.56 Å². The lowest BCUT2D eigenvalue weighted by Gasteiger charge is -2.14. The Hall–Kier alpha value is -1.91. The summed E-state index contributed by atoms with van der Waals surface area (Å²) in [5.74, 6) is -0.251. The van der Waals surface area contributed by atoms with Crippen LogP contribution in [0.2, 0.25) is 0 Å². The zero-order chi connectivity index (χ0) is 12.3. The molecule has 0 saturated heterocycles. The summed E-state index contributed by atoms with van der Waals surface area (Å²) in [7, 11) is 0. The summed E-state index contributed by atoms with van der Waals surface area (Å²) in [6.45, 7) is 0. The maximum absolute atomic E-state index is 11.8. The molecule has 3 N–H and O–H groups in total. The van der Waals surface area contributed by atoms with Crippen molar-refractivity contribution in [3.63, 3.8) is 0 Å². The van der Waals surface area contributed by atoms with Crippen molar-refractivity contribution in [1.82, 2.24) is 10.3 Å². The molecule has 2 amide bonds. The van der Waals surface area contributed by atoms with Crippen LogP contribution < -0.4 is 11.1 Å². The molecule has 0 radical (unpaired) electrons. The number of carbonyl (C=O) groups excluding carboxylic acids is 2. The second-order valence-corrected chi connectivity index (χ2v) is 4.35. The Morgan fingerprint density at radius 3 is 2.82 bits per heavy atom. The minimum atomic E-state index is -0.574. The highest BCUT2D eigenvalue weighted by Crippen LogP contribution is 2.33. The van der Waals surface area contributed by atoms with Gasteiger partial charge >= 0.3 is 0 Å². The molecule has 0 aromatic carbocycles. The Kier molecular flexibility index (Phi) is 3.37. The standard InChI is InChI=1S/C12H15N3O2/c13-11(16)10(6-8-3-4-8)15-12(17)9-2-1-5-14-7-9/h1-2,5,7-8,10H,3-4,6H2,(H2,13,16)(H,15,17)/t10-/m1/s1. The Bertz CT molecular complexity index is 415. The zero-order valence-electron chi connectivity index (χ0n) is 9.43. The Balaban J connectivity index is 1.97. The third-order valence-corrected chi connectivity index (χ3v) is 2.84. The molecule has 0 aliphatic heterocycles. The number of hydrogen-bond acceptors (Lipinski definition) is 3. The van der Waals surface area contributed by atoms with Crippen LogP contribution in [0, 0.1) is 5.92 Å². The van der Waals surface area contributed by atoms with Crippen molar-refractivity contribution in [3.8, 4) is 0 Å². The van der Waals surface area contributed by atoms with Gasteiger partial charge in [0.2, 0.25) is 5.91 Å². The quantitative estimate of drug-likeness (QED) is 0.775. The number of nitrogens with zero attached hydrogens (tertiary/aromatic N) is 1. The molecule has 0 bridgehead atoms. The summed E-state index contributed by atoms with van der Waals surface area (Å²) >= 11 is 0. The Morgan fingerprint density at radius 2 is 2.29 bits per heavy atom. The van der Waals surface area contributed by atoms with Crippen LogP contribution in [0.4, 0.5) is 0 Å². The number of pyridine rings is 1. The monoisotopic (exact) mass is 233 g/mol. The van der Waals surface area contributed by atoms with E-state index in [9.17, 15) is 9.59 Å². The molecule has 1 fully saturated rings. The molecule has 1 heterocycles. The number of rotatable bonds is 5. The number of hydrogen-bond donors (Lipinski definition) is 2. The van der Waals surface area contributed by atoms with Crippen molar-refractivity contribution in [1.29, 1.82) is 0 Å². The van der Waals surface area contributed by atoms with Crippen LogP contribution in [0.3, 0.4) is 0 Å². The van der Waals surface area contributed by atoms with E-state index in [1.165, 1.54) is 6.20 Å². The molecule has 17 heavy (non-hydrogen) atoms. The highest BCUT2D eigenvalue weighted by atomic mass is 16.2. The zero-order valence-corrected chi connectivity index (χ0v) is 9.43. The van der Waals surface area contributed by atoms with E-state index >= 15 is 0 Å². The normalized spacial score (nSPS) is 16.2. The van der Waals surface area contributed by atoms with Gasteiger partial charge in [-0.05, 0) is 24.5 Å². The summed E-state index contributed by atoms with van der Waals surface area (Å²) in [6, 6.07) is 2.75. The summed E-state index contributed by atoms with van der Waals surface area (Å²) in [5, 5.41) is 2.65. The summed E-state index contributed by atoms with van der Waals surface area (Å²) < 4.78 is 0. The molecule has 1 aromatic heterocycles. The first kappa shape index (κ1) is 11.6. The molecule has 1 aromatic rings. The second kappa shape index (κ2) is 4.95. The van der Waals surface area contributed by atoms with E-state index in [1.54, 1.807) is 18.3 Å². The predicted molar refractivity (Wildman–Crippen MR) is 62.0 cm³/mol. The number of carbonyl (C=O) groups is 2. The van der Waals surface area contributed by atoms with Gasteiger partial charge in [0.15, 0.2) is 0 Å². The second-order valence-electron chi connectivity index (χ2n) is 4.35. The topological polar surface area (TPSA) is 85.1 Å². The van der Waals surface area contributed by atoms with Gasteiger partial charge < -0.3 is 11.1 Å². The lowest BCUT2D eigenvalue weighted by Crippen LogP contribution is -2.44. The number of aromatic nitrogens is 1. The average molecular weight is 233 g/mol. The smallest absolute Gasteiger partial charge is 0.253 e. The maximum atomic E-state index is 11.8. The molecule has 5 heteroatoms. The molecular formula is C12H15N3O2. The minimum Gasteiger partial charge on any atom is -0.368 e. The van der Waals surface area contributed by atoms with Gasteiger partial charge in [0, 0.05) is 12.4 Å². The molecule has 1 atom stereocenters. The van der Waals surface area contributed by atoms with Gasteiger partial charge in [-0.3, -0.25) is 14.6 Å². The van der Waals surface area contributed by atoms with Crippen molar-refractivity contribution in [2.75, 3.05) is 0 Å². The summed E-state index contributed by atoms with van der Waals surface area (Å²) in [5.41, 5.74) is 5.71. The third-order valence-electron chi connectivity index (χ3n) is 2.84. The molecule has 2 rings (SSSR count). The van der Waals surface area contributed by atoms with Gasteiger partial charge in [-0.1, -0.05) is 12.8 Å². The number of amides is 2. The van der Waals surface area contributed by atoms with E-state index in [0.717, 1.165) is 12.8 Å². The van der Waals surface area contributed by atoms with Crippen LogP contribution in [0.5, 0.6) is 0 Å². The molecule has 0 unspecified atom stereocenters. The number of nitrogens with one attached hydrogen (secondary N) is 1. The van der Waals surface area contributed by atoms with E-state index in [-0.39, 0.29) is 5.91 Å². The fourth-order valence-corrected chi connectivity index (χ4v) is 1.67. The molecule has 1 aliphatic rings. The van der Waals surface area contributed by atoms with Crippen LogP contribution in [0.25, 0.3) is 0 Å². The van der Waals surface area contributed by atoms with Gasteiger partial charge in [0.25, 0.3) is 5.91 Å². The molecule has 5 nitrogen and oxygen atoms in total. The first-order valence-corrected chi connectivity index (χ1v) is 5.67. The largest absolute Gasteiger partial charge is 0.368 e. The lowest BCUT2D eigenvalue weighted by molar-refractivity contribution is -0.120. The van der Waals surface area contributed by atoms with Gasteiger partial charge in [-0.2, -0.15) is 0 Å². The Morgan fingerprint density at radius 1 is 1.53 bits per heavy atom. The van der Waals surface area contributed by atoms with Crippen molar-refractivity contribution in [3.05, 3.63) is 30.1 Å². The SMILES string of the molecule is NC(=O)[C@@H](CC1CC1)NC(=O)c1cccnc1. The van der Waals surface area contributed by atoms with E-state index in [0.29, 0.717) is 17.9 Å².